The summed E-state index contributed by atoms with van der Waals surface area (Å²) in [6.07, 6.45) is 4.08. The summed E-state index contributed by atoms with van der Waals surface area (Å²) in [5.41, 5.74) is 9.46. The lowest BCUT2D eigenvalue weighted by Gasteiger charge is -2.21. The molecule has 4 rings (SSSR count). The van der Waals surface area contributed by atoms with Crippen molar-refractivity contribution in [2.75, 3.05) is 5.32 Å². The molecule has 0 bridgehead atoms. The van der Waals surface area contributed by atoms with E-state index in [2.05, 4.69) is 20.6 Å². The van der Waals surface area contributed by atoms with Crippen LogP contribution in [0.4, 0.5) is 14.5 Å². The van der Waals surface area contributed by atoms with E-state index in [1.807, 2.05) is 6.07 Å². The molecule has 150 valence electrons. The van der Waals surface area contributed by atoms with Crippen molar-refractivity contribution >= 4 is 11.6 Å². The zero-order valence-corrected chi connectivity index (χ0v) is 15.8. The van der Waals surface area contributed by atoms with Gasteiger partial charge in [-0.3, -0.25) is 9.78 Å². The molecule has 7 nitrogen and oxygen atoms in total. The Balaban J connectivity index is 1.51. The summed E-state index contributed by atoms with van der Waals surface area (Å²) in [6, 6.07) is 5.31. The van der Waals surface area contributed by atoms with Crippen molar-refractivity contribution in [2.24, 2.45) is 5.73 Å². The van der Waals surface area contributed by atoms with Gasteiger partial charge >= 0.3 is 0 Å². The zero-order chi connectivity index (χ0) is 20.5. The van der Waals surface area contributed by atoms with E-state index in [0.29, 0.717) is 11.4 Å². The first-order chi connectivity index (χ1) is 13.9. The fourth-order valence-electron chi connectivity index (χ4n) is 3.44. The number of nitrogens with one attached hydrogen (secondary N) is 1. The van der Waals surface area contributed by atoms with Crippen molar-refractivity contribution in [3.63, 3.8) is 0 Å². The number of pyridine rings is 1. The molecule has 2 aromatic heterocycles. The maximum absolute atomic E-state index is 13.9. The average Bonchev–Trinajstić information content (AvgIpc) is 3.04. The molecule has 0 saturated carbocycles. The number of carbonyl (C=O) groups is 1. The van der Waals surface area contributed by atoms with Crippen LogP contribution in [-0.4, -0.2) is 31.9 Å². The van der Waals surface area contributed by atoms with E-state index >= 15 is 0 Å². The first-order valence-corrected chi connectivity index (χ1v) is 9.29. The normalized spacial score (nSPS) is 15.8. The number of aromatic nitrogens is 4. The second-order valence-electron chi connectivity index (χ2n) is 7.20. The fourth-order valence-corrected chi connectivity index (χ4v) is 3.44. The van der Waals surface area contributed by atoms with Crippen LogP contribution in [0.1, 0.15) is 39.4 Å². The Morgan fingerprint density at radius 2 is 2.17 bits per heavy atom. The predicted octanol–water partition coefficient (Wildman–Crippen LogP) is 2.38. The molecule has 1 atom stereocenters. The molecular weight excluding hydrogens is 378 g/mol. The molecule has 0 fully saturated rings. The number of amides is 1. The SMILES string of the molecule is Cc1c(C(=O)Nc2cnc3c(c2)CC(N)CC3)nnn1Cc1ccc(F)cc1F. The summed E-state index contributed by atoms with van der Waals surface area (Å²) < 4.78 is 28.4. The van der Waals surface area contributed by atoms with E-state index in [4.69, 9.17) is 5.73 Å². The van der Waals surface area contributed by atoms with Gasteiger partial charge in [0, 0.05) is 23.4 Å². The number of anilines is 1. The van der Waals surface area contributed by atoms with Crippen molar-refractivity contribution < 1.29 is 13.6 Å². The van der Waals surface area contributed by atoms with E-state index in [1.54, 1.807) is 13.1 Å². The largest absolute Gasteiger partial charge is 0.327 e. The molecule has 1 unspecified atom stereocenters. The lowest BCUT2D eigenvalue weighted by atomic mass is 9.92. The lowest BCUT2D eigenvalue weighted by molar-refractivity contribution is 0.102. The Morgan fingerprint density at radius 3 is 2.97 bits per heavy atom. The molecule has 1 aliphatic carbocycles. The van der Waals surface area contributed by atoms with Crippen LogP contribution in [0.25, 0.3) is 0 Å². The van der Waals surface area contributed by atoms with E-state index in [-0.39, 0.29) is 23.8 Å². The van der Waals surface area contributed by atoms with E-state index in [1.165, 1.54) is 16.8 Å². The number of aryl methyl sites for hydroxylation is 1. The lowest BCUT2D eigenvalue weighted by Crippen LogP contribution is -2.28. The van der Waals surface area contributed by atoms with Crippen molar-refractivity contribution in [1.29, 1.82) is 0 Å². The highest BCUT2D eigenvalue weighted by Crippen LogP contribution is 2.22. The summed E-state index contributed by atoms with van der Waals surface area (Å²) in [4.78, 5) is 17.1. The molecule has 1 amide bonds. The zero-order valence-electron chi connectivity index (χ0n) is 15.8. The number of hydrogen-bond donors (Lipinski definition) is 2. The number of rotatable bonds is 4. The van der Waals surface area contributed by atoms with Gasteiger partial charge in [-0.15, -0.1) is 5.10 Å². The number of benzene rings is 1. The van der Waals surface area contributed by atoms with Crippen LogP contribution in [0.15, 0.2) is 30.5 Å². The first-order valence-electron chi connectivity index (χ1n) is 9.29. The summed E-state index contributed by atoms with van der Waals surface area (Å²) in [7, 11) is 0. The molecule has 29 heavy (non-hydrogen) atoms. The maximum atomic E-state index is 13.9. The van der Waals surface area contributed by atoms with Gasteiger partial charge < -0.3 is 11.1 Å². The summed E-state index contributed by atoms with van der Waals surface area (Å²) in [5.74, 6) is -1.76. The highest BCUT2D eigenvalue weighted by atomic mass is 19.1. The van der Waals surface area contributed by atoms with Gasteiger partial charge in [0.15, 0.2) is 5.69 Å². The highest BCUT2D eigenvalue weighted by molar-refractivity contribution is 6.03. The Morgan fingerprint density at radius 1 is 1.34 bits per heavy atom. The standard InChI is InChI=1S/C20H20F2N6O/c1-11-19(26-27-28(11)10-12-2-3-14(21)8-17(12)22)20(29)25-16-7-13-6-15(23)4-5-18(13)24-9-16/h2-3,7-9,15H,4-6,10,23H2,1H3,(H,25,29). The topological polar surface area (TPSA) is 98.7 Å². The van der Waals surface area contributed by atoms with Crippen LogP contribution < -0.4 is 11.1 Å². The molecule has 0 radical (unpaired) electrons. The average molecular weight is 398 g/mol. The third kappa shape index (κ3) is 4.00. The smallest absolute Gasteiger partial charge is 0.278 e. The molecule has 3 aromatic rings. The van der Waals surface area contributed by atoms with Crippen LogP contribution in [0.3, 0.4) is 0 Å². The van der Waals surface area contributed by atoms with Crippen LogP contribution in [0, 0.1) is 18.6 Å². The van der Waals surface area contributed by atoms with Crippen LogP contribution in [0.2, 0.25) is 0 Å². The van der Waals surface area contributed by atoms with Gasteiger partial charge in [-0.05, 0) is 43.9 Å². The third-order valence-electron chi connectivity index (χ3n) is 5.08. The summed E-state index contributed by atoms with van der Waals surface area (Å²) in [6.45, 7) is 1.71. The second kappa shape index (κ2) is 7.67. The van der Waals surface area contributed by atoms with Crippen molar-refractivity contribution in [3.8, 4) is 0 Å². The van der Waals surface area contributed by atoms with Crippen molar-refractivity contribution in [1.82, 2.24) is 20.0 Å². The Bertz CT molecular complexity index is 1080. The van der Waals surface area contributed by atoms with Gasteiger partial charge in [-0.25, -0.2) is 13.5 Å². The van der Waals surface area contributed by atoms with Crippen LogP contribution in [0.5, 0.6) is 0 Å². The minimum absolute atomic E-state index is 0.0382. The minimum Gasteiger partial charge on any atom is -0.327 e. The third-order valence-corrected chi connectivity index (χ3v) is 5.08. The number of fused-ring (bicyclic) bond motifs is 1. The number of nitrogens with zero attached hydrogens (tertiary/aromatic N) is 4. The summed E-state index contributed by atoms with van der Waals surface area (Å²) in [5, 5.41) is 10.6. The molecule has 0 spiro atoms. The molecule has 1 aromatic carbocycles. The molecule has 1 aliphatic rings. The van der Waals surface area contributed by atoms with Crippen molar-refractivity contribution in [3.05, 3.63) is 70.3 Å². The Labute approximate surface area is 165 Å². The molecule has 0 aliphatic heterocycles. The predicted molar refractivity (Wildman–Crippen MR) is 102 cm³/mol. The molecule has 9 heteroatoms. The minimum atomic E-state index is -0.677. The number of carbonyl (C=O) groups excluding carboxylic acids is 1. The highest BCUT2D eigenvalue weighted by Gasteiger charge is 2.20. The number of halogens is 2. The number of hydrogen-bond acceptors (Lipinski definition) is 5. The molecular formula is C20H20F2N6O. The number of nitrogens with two attached hydrogens (primary N) is 1. The first kappa shape index (κ1) is 19.1. The second-order valence-corrected chi connectivity index (χ2v) is 7.20. The van der Waals surface area contributed by atoms with Crippen LogP contribution >= 0.6 is 0 Å². The van der Waals surface area contributed by atoms with Gasteiger partial charge in [0.2, 0.25) is 0 Å². The van der Waals surface area contributed by atoms with E-state index < -0.39 is 17.5 Å². The Kier molecular flexibility index (Phi) is 5.06. The Hall–Kier alpha value is -3.20. The van der Waals surface area contributed by atoms with Gasteiger partial charge in [0.05, 0.1) is 24.1 Å². The molecule has 3 N–H and O–H groups in total. The van der Waals surface area contributed by atoms with Gasteiger partial charge in [-0.2, -0.15) is 0 Å². The monoisotopic (exact) mass is 398 g/mol. The van der Waals surface area contributed by atoms with Crippen molar-refractivity contribution in [2.45, 2.75) is 38.8 Å². The van der Waals surface area contributed by atoms with E-state index in [9.17, 15) is 13.6 Å². The quantitative estimate of drug-likeness (QED) is 0.703. The van der Waals surface area contributed by atoms with Crippen LogP contribution in [-0.2, 0) is 19.4 Å². The summed E-state index contributed by atoms with van der Waals surface area (Å²) >= 11 is 0. The maximum Gasteiger partial charge on any atom is 0.278 e. The molecule has 0 saturated heterocycles. The van der Waals surface area contributed by atoms with Gasteiger partial charge in [-0.1, -0.05) is 11.3 Å². The van der Waals surface area contributed by atoms with Gasteiger partial charge in [0.1, 0.15) is 11.6 Å². The molecule has 2 heterocycles. The van der Waals surface area contributed by atoms with Gasteiger partial charge in [0.25, 0.3) is 5.91 Å². The van der Waals surface area contributed by atoms with E-state index in [0.717, 1.165) is 36.6 Å². The fraction of sp³-hybridized carbons (Fsp3) is 0.300.